The Labute approximate surface area is 151 Å². The summed E-state index contributed by atoms with van der Waals surface area (Å²) in [5.41, 5.74) is -1.18. The minimum absolute atomic E-state index is 0.0251. The van der Waals surface area contributed by atoms with Gasteiger partial charge in [-0.1, -0.05) is 13.3 Å². The van der Waals surface area contributed by atoms with Crippen LogP contribution in [0.5, 0.6) is 5.88 Å². The van der Waals surface area contributed by atoms with Crippen molar-refractivity contribution < 1.29 is 18.3 Å². The molecule has 2 aromatic heterocycles. The van der Waals surface area contributed by atoms with E-state index >= 15 is 0 Å². The molecule has 0 aliphatic carbocycles. The Hall–Kier alpha value is -3.23. The first kappa shape index (κ1) is 20.1. The van der Waals surface area contributed by atoms with Crippen LogP contribution in [0.1, 0.15) is 36.7 Å². The van der Waals surface area contributed by atoms with Gasteiger partial charge in [0.2, 0.25) is 11.7 Å². The summed E-state index contributed by atoms with van der Waals surface area (Å²) in [6.07, 6.45) is -3.65. The Kier molecular flexibility index (Phi) is 5.63. The number of aromatic hydroxyl groups is 1. The number of rotatable bonds is 5. The number of pyridine rings is 1. The number of unbranched alkanes of at least 4 members (excludes halogenated alkanes) is 1. The van der Waals surface area contributed by atoms with Crippen molar-refractivity contribution in [1.82, 2.24) is 19.3 Å². The molecule has 9 nitrogen and oxygen atoms in total. The Bertz CT molecular complexity index is 983. The van der Waals surface area contributed by atoms with Crippen LogP contribution < -0.4 is 5.56 Å². The fourth-order valence-corrected chi connectivity index (χ4v) is 2.32. The van der Waals surface area contributed by atoms with E-state index in [1.54, 1.807) is 6.07 Å². The first-order valence-corrected chi connectivity index (χ1v) is 7.88. The molecule has 2 rings (SSSR count). The Balaban J connectivity index is 2.57. The van der Waals surface area contributed by atoms with Gasteiger partial charge in [0.25, 0.3) is 11.5 Å². The van der Waals surface area contributed by atoms with E-state index in [0.717, 1.165) is 9.13 Å². The predicted molar refractivity (Wildman–Crippen MR) is 86.9 cm³/mol. The van der Waals surface area contributed by atoms with Crippen molar-refractivity contribution >= 4 is 11.6 Å². The maximum Gasteiger partial charge on any atom is 0.451 e. The first-order valence-electron chi connectivity index (χ1n) is 7.88. The van der Waals surface area contributed by atoms with Gasteiger partial charge in [0.05, 0.1) is 0 Å². The standard InChI is InChI=1S/C15H16F3N7O2/c1-4-5-6-25-13(15(16,17)18)21-23-14(25)22-20-10-8(2)9(7-19)11(26)24(3)12(10)27/h26H,4-6H2,1-3H3. The van der Waals surface area contributed by atoms with E-state index in [2.05, 4.69) is 20.4 Å². The normalized spacial score (nSPS) is 11.9. The molecule has 0 aliphatic rings. The maximum absolute atomic E-state index is 13.1. The smallest absolute Gasteiger partial charge is 0.451 e. The molecule has 0 unspecified atom stereocenters. The minimum atomic E-state index is -4.72. The van der Waals surface area contributed by atoms with Gasteiger partial charge < -0.3 is 5.11 Å². The van der Waals surface area contributed by atoms with Gasteiger partial charge in [-0.3, -0.25) is 13.9 Å². The summed E-state index contributed by atoms with van der Waals surface area (Å²) < 4.78 is 40.8. The molecule has 0 aromatic carbocycles. The van der Waals surface area contributed by atoms with Crippen molar-refractivity contribution in [2.45, 2.75) is 39.4 Å². The van der Waals surface area contributed by atoms with E-state index in [-0.39, 0.29) is 23.4 Å². The molecule has 0 fully saturated rings. The average Bonchev–Trinajstić information content (AvgIpc) is 3.01. The SMILES string of the molecule is CCCCn1c(N=Nc2c(C)c(C#N)c(O)n(C)c2=O)nnc1C(F)(F)F. The van der Waals surface area contributed by atoms with Crippen LogP contribution in [0.25, 0.3) is 0 Å². The second-order valence-electron chi connectivity index (χ2n) is 5.67. The molecule has 12 heteroatoms. The number of nitrogens with zero attached hydrogens (tertiary/aromatic N) is 7. The largest absolute Gasteiger partial charge is 0.493 e. The molecule has 1 N–H and O–H groups in total. The topological polar surface area (TPSA) is 121 Å². The molecular weight excluding hydrogens is 367 g/mol. The van der Waals surface area contributed by atoms with Crippen LogP contribution in [0.4, 0.5) is 24.8 Å². The molecule has 0 radical (unpaired) electrons. The summed E-state index contributed by atoms with van der Waals surface area (Å²) in [6, 6.07) is 1.74. The monoisotopic (exact) mass is 383 g/mol. The van der Waals surface area contributed by atoms with Crippen LogP contribution in [0.15, 0.2) is 15.0 Å². The molecular formula is C15H16F3N7O2. The number of aromatic nitrogens is 4. The van der Waals surface area contributed by atoms with Crippen molar-refractivity contribution in [2.75, 3.05) is 0 Å². The summed E-state index contributed by atoms with van der Waals surface area (Å²) >= 11 is 0. The predicted octanol–water partition coefficient (Wildman–Crippen LogP) is 3.10. The quantitative estimate of drug-likeness (QED) is 0.795. The van der Waals surface area contributed by atoms with E-state index in [9.17, 15) is 23.1 Å². The summed E-state index contributed by atoms with van der Waals surface area (Å²) in [4.78, 5) is 12.2. The van der Waals surface area contributed by atoms with Gasteiger partial charge in [-0.15, -0.1) is 20.4 Å². The molecule has 144 valence electrons. The van der Waals surface area contributed by atoms with E-state index in [4.69, 9.17) is 5.26 Å². The van der Waals surface area contributed by atoms with Crippen LogP contribution in [0.2, 0.25) is 0 Å². The highest BCUT2D eigenvalue weighted by molar-refractivity contribution is 5.56. The third kappa shape index (κ3) is 3.81. The molecule has 2 heterocycles. The molecule has 2 aromatic rings. The third-order valence-electron chi connectivity index (χ3n) is 3.85. The Morgan fingerprint density at radius 2 is 1.96 bits per heavy atom. The second kappa shape index (κ2) is 7.56. The van der Waals surface area contributed by atoms with Crippen molar-refractivity contribution in [3.63, 3.8) is 0 Å². The molecule has 0 aliphatic heterocycles. The zero-order valence-corrected chi connectivity index (χ0v) is 14.7. The highest BCUT2D eigenvalue weighted by Crippen LogP contribution is 2.31. The van der Waals surface area contributed by atoms with Crippen molar-refractivity contribution in [2.24, 2.45) is 17.3 Å². The number of halogens is 3. The van der Waals surface area contributed by atoms with Gasteiger partial charge >= 0.3 is 6.18 Å². The van der Waals surface area contributed by atoms with E-state index in [1.807, 2.05) is 6.92 Å². The summed E-state index contributed by atoms with van der Waals surface area (Å²) in [5.74, 6) is -2.16. The van der Waals surface area contributed by atoms with Crippen LogP contribution in [-0.2, 0) is 19.8 Å². The summed E-state index contributed by atoms with van der Waals surface area (Å²) in [5, 5.41) is 32.8. The van der Waals surface area contributed by atoms with Crippen LogP contribution >= 0.6 is 0 Å². The molecule has 0 spiro atoms. The third-order valence-corrected chi connectivity index (χ3v) is 3.85. The molecule has 0 bridgehead atoms. The van der Waals surface area contributed by atoms with E-state index in [0.29, 0.717) is 12.8 Å². The number of azo groups is 1. The zero-order chi connectivity index (χ0) is 20.4. The van der Waals surface area contributed by atoms with Gasteiger partial charge in [0.15, 0.2) is 5.69 Å². The van der Waals surface area contributed by atoms with Crippen LogP contribution in [0.3, 0.4) is 0 Å². The van der Waals surface area contributed by atoms with Crippen LogP contribution in [0, 0.1) is 18.3 Å². The number of alkyl halides is 3. The lowest BCUT2D eigenvalue weighted by atomic mass is 10.1. The molecule has 0 amide bonds. The summed E-state index contributed by atoms with van der Waals surface area (Å²) in [6.45, 7) is 3.16. The van der Waals surface area contributed by atoms with E-state index < -0.39 is 29.4 Å². The van der Waals surface area contributed by atoms with Gasteiger partial charge in [-0.25, -0.2) is 0 Å². The lowest BCUT2D eigenvalue weighted by molar-refractivity contribution is -0.147. The van der Waals surface area contributed by atoms with Gasteiger partial charge in [-0.05, 0) is 13.3 Å². The number of hydrogen-bond donors (Lipinski definition) is 1. The molecule has 0 saturated carbocycles. The Morgan fingerprint density at radius 3 is 2.52 bits per heavy atom. The highest BCUT2D eigenvalue weighted by Gasteiger charge is 2.38. The van der Waals surface area contributed by atoms with Crippen molar-refractivity contribution in [3.05, 3.63) is 27.3 Å². The lowest BCUT2D eigenvalue weighted by Gasteiger charge is -2.10. The highest BCUT2D eigenvalue weighted by atomic mass is 19.4. The van der Waals surface area contributed by atoms with Crippen molar-refractivity contribution in [3.8, 4) is 11.9 Å². The van der Waals surface area contributed by atoms with Crippen molar-refractivity contribution in [1.29, 1.82) is 5.26 Å². The summed E-state index contributed by atoms with van der Waals surface area (Å²) in [7, 11) is 1.22. The molecule has 0 atom stereocenters. The lowest BCUT2D eigenvalue weighted by Crippen LogP contribution is -2.18. The fraction of sp³-hybridized carbons (Fsp3) is 0.467. The molecule has 0 saturated heterocycles. The molecule has 27 heavy (non-hydrogen) atoms. The fourth-order valence-electron chi connectivity index (χ4n) is 2.32. The minimum Gasteiger partial charge on any atom is -0.493 e. The maximum atomic E-state index is 13.1. The number of hydrogen-bond acceptors (Lipinski definition) is 7. The first-order chi connectivity index (χ1) is 12.6. The second-order valence-corrected chi connectivity index (χ2v) is 5.67. The zero-order valence-electron chi connectivity index (χ0n) is 14.7. The van der Waals surface area contributed by atoms with E-state index in [1.165, 1.54) is 14.0 Å². The van der Waals surface area contributed by atoms with Crippen LogP contribution in [-0.4, -0.2) is 24.4 Å². The van der Waals surface area contributed by atoms with Gasteiger partial charge in [0.1, 0.15) is 11.6 Å². The number of nitriles is 1. The van der Waals surface area contributed by atoms with Gasteiger partial charge in [0, 0.05) is 19.2 Å². The average molecular weight is 383 g/mol. The Morgan fingerprint density at radius 1 is 1.30 bits per heavy atom. The van der Waals surface area contributed by atoms with Gasteiger partial charge in [-0.2, -0.15) is 18.4 Å².